The molecule has 0 radical (unpaired) electrons. The van der Waals surface area contributed by atoms with Gasteiger partial charge in [0.15, 0.2) is 0 Å². The Labute approximate surface area is 781 Å². The minimum Gasteiger partial charge on any atom is -0.405 e. The summed E-state index contributed by atoms with van der Waals surface area (Å²) >= 11 is 12.6. The molecule has 700 valence electrons. The Bertz CT molecular complexity index is 4620. The van der Waals surface area contributed by atoms with Crippen molar-refractivity contribution in [3.05, 3.63) is 195 Å². The fourth-order valence-electron chi connectivity index (χ4n) is 11.0. The quantitative estimate of drug-likeness (QED) is 0.0111. The highest BCUT2D eigenvalue weighted by Crippen LogP contribution is 2.44. The molecular formula is C86H128B3Br4F5N18O11. The molecule has 0 atom stereocenters. The maximum Gasteiger partial charge on any atom is 0.495 e. The molecule has 0 bridgehead atoms. The number of aliphatic hydroxyl groups is 1. The highest BCUT2D eigenvalue weighted by molar-refractivity contribution is 9.11. The predicted molar refractivity (Wildman–Crippen MR) is 522 cm³/mol. The summed E-state index contributed by atoms with van der Waals surface area (Å²) in [6, 6.07) is 23.3. The van der Waals surface area contributed by atoms with E-state index in [2.05, 4.69) is 136 Å². The molecule has 3 saturated heterocycles. The molecule has 13 N–H and O–H groups in total. The number of unbranched alkanes of at least 4 members (excludes halogenated alkanes) is 1. The van der Waals surface area contributed by atoms with Gasteiger partial charge in [-0.15, -0.1) is 0 Å². The van der Waals surface area contributed by atoms with Crippen molar-refractivity contribution in [1.29, 1.82) is 0 Å². The van der Waals surface area contributed by atoms with Gasteiger partial charge in [-0.1, -0.05) is 61.1 Å². The summed E-state index contributed by atoms with van der Waals surface area (Å²) in [6.45, 7) is 34.0. The van der Waals surface area contributed by atoms with Crippen molar-refractivity contribution in [2.24, 2.45) is 0 Å². The fraction of sp³-hybridized carbons (Fsp3) is 0.477. The van der Waals surface area contributed by atoms with Crippen LogP contribution in [0.25, 0.3) is 22.3 Å². The number of nitrogens with one attached hydrogen (secondary N) is 4. The number of nitrogens with two attached hydrogens (primary N) is 4. The van der Waals surface area contributed by atoms with Gasteiger partial charge in [0.1, 0.15) is 52.9 Å². The third-order valence-electron chi connectivity index (χ3n) is 20.1. The van der Waals surface area contributed by atoms with Gasteiger partial charge in [0, 0.05) is 125 Å². The molecule has 29 nitrogen and oxygen atoms in total. The standard InChI is InChI=1S/C16H26BFN2O2.C15H18FN5O2.C15H20FN5.C12H24B2O4.C10H14BrFN2.C6H3Br2F.C6H15N.C5H4BrN3O2.CH4O/c1-15(2)16(3,4)22-17(21-15)12-9-13(18)11-14(10-12)19-7-8-20(5)6;1-20(2)4-3-19-12-6-10(5-11(16)7-12)13-8-18-9-14(15(13)17)21(22)23;1-21(2)4-3-20-12-6-10(5-11(16)7-12)13-8-19-9-14(17)15(13)18;1-9(2)10(3,4)16-13(15-9)14-17-11(5,6)12(7,8)18-14;1-14(2)4-3-13-10-6-8(11)5-9(12)7-10;7-4-1-5(8)3-6(9)2-4;1-4-5-6-7(2)3;6-3-1-8-2-4(5(3)7)9(10)11;1-2/h9-11,19H,7-8H2,1-6H3;5-9,19H,3-4H2,1-2H3,(H2,17,18);5-9,20H,3-4,17H2,1-2H3,(H2,18,19);1-8H3;5-7,13H,3-4H2,1-2H3;1-3H;4-6H2,1-3H3;1-2H,(H2,7,8);2H,1H3. The molecule has 5 aromatic carbocycles. The zero-order chi connectivity index (χ0) is 96.4. The molecule has 6 heterocycles. The molecule has 8 aromatic rings. The van der Waals surface area contributed by atoms with E-state index < -0.39 is 48.0 Å². The summed E-state index contributed by atoms with van der Waals surface area (Å²) in [7, 11) is 19.6. The number of anilines is 8. The molecule has 0 aliphatic carbocycles. The number of nitrogen functional groups attached to an aromatic ring is 4. The number of aliphatic hydroxyl groups excluding tert-OH is 1. The minimum atomic E-state index is -0.610. The molecule has 0 amide bonds. The largest absolute Gasteiger partial charge is 0.495 e. The molecule has 127 heavy (non-hydrogen) atoms. The summed E-state index contributed by atoms with van der Waals surface area (Å²) in [4.78, 5) is 41.8. The van der Waals surface area contributed by atoms with Crippen molar-refractivity contribution < 1.29 is 64.8 Å². The van der Waals surface area contributed by atoms with Crippen LogP contribution in [0, 0.1) is 49.3 Å². The average molecular weight is 2040 g/mol. The number of aromatic nitrogens is 3. The molecule has 11 rings (SSSR count). The number of likely N-dealkylation sites (N-methyl/N-ethyl adjacent to an activating group) is 4. The first-order chi connectivity index (χ1) is 59.0. The van der Waals surface area contributed by atoms with Gasteiger partial charge in [0.05, 0.1) is 65.5 Å². The highest BCUT2D eigenvalue weighted by Gasteiger charge is 2.64. The van der Waals surface area contributed by atoms with E-state index in [1.165, 1.54) is 98.6 Å². The summed E-state index contributed by atoms with van der Waals surface area (Å²) < 4.78 is 105. The number of halogens is 9. The lowest BCUT2D eigenvalue weighted by molar-refractivity contribution is -0.384. The van der Waals surface area contributed by atoms with E-state index in [-0.39, 0.29) is 68.4 Å². The van der Waals surface area contributed by atoms with Crippen LogP contribution >= 0.6 is 63.7 Å². The Balaban J connectivity index is 0.000000382. The van der Waals surface area contributed by atoms with E-state index in [4.69, 9.17) is 56.0 Å². The molecule has 3 aliphatic rings. The Morgan fingerprint density at radius 2 is 0.693 bits per heavy atom. The van der Waals surface area contributed by atoms with Crippen molar-refractivity contribution >= 4 is 147 Å². The van der Waals surface area contributed by atoms with Gasteiger partial charge in [-0.2, -0.15) is 0 Å². The molecule has 3 aliphatic heterocycles. The van der Waals surface area contributed by atoms with E-state index in [1.54, 1.807) is 18.3 Å². The average Bonchev–Trinajstić information content (AvgIpc) is 1.60. The topological polar surface area (TPSA) is 369 Å². The molecule has 0 spiro atoms. The van der Waals surface area contributed by atoms with Gasteiger partial charge in [0.2, 0.25) is 0 Å². The van der Waals surface area contributed by atoms with E-state index in [0.717, 1.165) is 90.1 Å². The number of rotatable bonds is 25. The number of hydrogen-bond donors (Lipinski definition) is 9. The van der Waals surface area contributed by atoms with E-state index >= 15 is 0 Å². The van der Waals surface area contributed by atoms with Crippen LogP contribution < -0.4 is 49.7 Å². The first-order valence-electron chi connectivity index (χ1n) is 40.6. The van der Waals surface area contributed by atoms with Gasteiger partial charge >= 0.3 is 32.5 Å². The van der Waals surface area contributed by atoms with Crippen LogP contribution in [0.4, 0.5) is 78.8 Å². The van der Waals surface area contributed by atoms with Crippen molar-refractivity contribution in [3.63, 3.8) is 0 Å². The molecule has 0 unspecified atom stereocenters. The molecule has 0 saturated carbocycles. The van der Waals surface area contributed by atoms with Crippen LogP contribution in [-0.4, -0.2) is 246 Å². The lowest BCUT2D eigenvalue weighted by Crippen LogP contribution is -2.41. The molecule has 3 fully saturated rings. The first-order valence-corrected chi connectivity index (χ1v) is 43.8. The predicted octanol–water partition coefficient (Wildman–Crippen LogP) is 16.9. The first kappa shape index (κ1) is 113. The Morgan fingerprint density at radius 1 is 0.394 bits per heavy atom. The Morgan fingerprint density at radius 3 is 1.02 bits per heavy atom. The molecular weight excluding hydrogens is 1910 g/mol. The normalized spacial score (nSPS) is 15.0. The summed E-state index contributed by atoms with van der Waals surface area (Å²) in [5, 5.41) is 40.8. The van der Waals surface area contributed by atoms with Crippen molar-refractivity contribution in [2.75, 3.05) is 181 Å². The second-order valence-electron chi connectivity index (χ2n) is 33.8. The van der Waals surface area contributed by atoms with Gasteiger partial charge in [-0.25, -0.2) is 22.0 Å². The molecule has 3 aromatic heterocycles. The second-order valence-corrected chi connectivity index (χ2v) is 37.4. The van der Waals surface area contributed by atoms with Crippen molar-refractivity contribution in [1.82, 2.24) is 39.5 Å². The number of nitrogens with zero attached hydrogens (tertiary/aromatic N) is 10. The highest BCUT2D eigenvalue weighted by atomic mass is 79.9. The van der Waals surface area contributed by atoms with Crippen LogP contribution in [0.5, 0.6) is 0 Å². The van der Waals surface area contributed by atoms with E-state index in [9.17, 15) is 42.2 Å². The lowest BCUT2D eigenvalue weighted by atomic mass is 9.49. The number of pyridine rings is 3. The van der Waals surface area contributed by atoms with Gasteiger partial charge in [-0.3, -0.25) is 35.2 Å². The summed E-state index contributed by atoms with van der Waals surface area (Å²) in [5.41, 5.74) is 26.5. The molecule has 41 heteroatoms. The van der Waals surface area contributed by atoms with E-state index in [1.807, 2.05) is 167 Å². The lowest BCUT2D eigenvalue weighted by Gasteiger charge is -2.32. The van der Waals surface area contributed by atoms with Crippen LogP contribution in [0.15, 0.2) is 146 Å². The third kappa shape index (κ3) is 38.6. The maximum atomic E-state index is 13.9. The summed E-state index contributed by atoms with van der Waals surface area (Å²) in [5.74, 6) is -1.55. The number of hydrogen-bond acceptors (Lipinski definition) is 27. The zero-order valence-corrected chi connectivity index (χ0v) is 83.7. The third-order valence-corrected chi connectivity index (χ3v) is 22.1. The van der Waals surface area contributed by atoms with E-state index in [0.29, 0.717) is 61.5 Å². The number of benzene rings is 5. The maximum absolute atomic E-state index is 13.9. The van der Waals surface area contributed by atoms with Crippen LogP contribution in [-0.2, 0) is 27.9 Å². The van der Waals surface area contributed by atoms with Gasteiger partial charge < -0.3 is 102 Å². The van der Waals surface area contributed by atoms with Crippen molar-refractivity contribution in [3.8, 4) is 22.3 Å². The monoisotopic (exact) mass is 2030 g/mol. The van der Waals surface area contributed by atoms with Crippen LogP contribution in [0.1, 0.15) is 103 Å². The Kier molecular flexibility index (Phi) is 47.0. The van der Waals surface area contributed by atoms with Crippen LogP contribution in [0.2, 0.25) is 0 Å². The van der Waals surface area contributed by atoms with Crippen LogP contribution in [0.3, 0.4) is 0 Å². The fourth-order valence-corrected chi connectivity index (χ4v) is 13.0. The van der Waals surface area contributed by atoms with Gasteiger partial charge in [0.25, 0.3) is 0 Å². The SMILES string of the molecule is CC1(C)OB(B2OC(C)(C)C(C)(C)O2)OC1(C)C.CCCCN(C)C.CN(C)CCNc1cc(F)cc(-c2cncc(N)c2N)c1.CN(C)CCNc1cc(F)cc(-c2cncc([N+](=O)[O-])c2N)c1.CN(C)CCNc1cc(F)cc(B2OC(C)(C)C(C)(C)O2)c1.CN(C)CCNc1cc(F)cc(Br)c1.CO.Fc1cc(Br)cc(Br)c1.Nc1c(Br)cncc1[N+](=O)[O-]. The second kappa shape index (κ2) is 52.8. The minimum absolute atomic E-state index is 0.0326. The zero-order valence-electron chi connectivity index (χ0n) is 77.3. The Hall–Kier alpha value is -7.97. The number of nitro groups is 2. The smallest absolute Gasteiger partial charge is 0.405 e. The summed E-state index contributed by atoms with van der Waals surface area (Å²) in [6.07, 6.45) is 10.7. The van der Waals surface area contributed by atoms with Gasteiger partial charge in [-0.05, 0) is 290 Å². The van der Waals surface area contributed by atoms with Crippen molar-refractivity contribution in [2.45, 2.75) is 136 Å².